The Morgan fingerprint density at radius 3 is 2.34 bits per heavy atom. The molecule has 4 fully saturated rings. The van der Waals surface area contributed by atoms with E-state index in [9.17, 15) is 19.2 Å². The Morgan fingerprint density at radius 2 is 1.59 bits per heavy atom. The molecule has 11 rings (SSSR count). The average Bonchev–Trinajstić information content (AvgIpc) is 4.09. The summed E-state index contributed by atoms with van der Waals surface area (Å²) in [4.78, 5) is 66.0. The molecule has 0 spiro atoms. The van der Waals surface area contributed by atoms with Gasteiger partial charge in [-0.25, -0.2) is 14.8 Å². The topological polar surface area (TPSA) is 153 Å². The molecule has 13 nitrogen and oxygen atoms in total. The van der Waals surface area contributed by atoms with Gasteiger partial charge in [0.1, 0.15) is 17.5 Å². The summed E-state index contributed by atoms with van der Waals surface area (Å²) in [6.07, 6.45) is 21.5. The SMILES string of the molecule is Cn1c(CN2CCC(c3ccc(C(=O)C=C4CCC(C/C5=C\CCN(Cc6ccc7c(c6)n(C6CC6)c(=O)n7C6CCC(=O)NC6=O)CCC5)CC4)cc3)CC2)cc2c(-c3ccc(N)nc3)ccnc21. The zero-order chi connectivity index (χ0) is 47.9. The Bertz CT molecular complexity index is 3060. The highest BCUT2D eigenvalue weighted by atomic mass is 16.2. The van der Waals surface area contributed by atoms with Gasteiger partial charge in [-0.3, -0.25) is 38.6 Å². The minimum Gasteiger partial charge on any atom is -0.384 e. The first-order valence-corrected chi connectivity index (χ1v) is 25.8. The molecule has 2 aliphatic carbocycles. The average molecular weight is 940 g/mol. The number of ketones is 1. The molecule has 1 unspecified atom stereocenters. The van der Waals surface area contributed by atoms with Crippen LogP contribution >= 0.6 is 0 Å². The number of pyridine rings is 2. The van der Waals surface area contributed by atoms with E-state index >= 15 is 0 Å². The number of allylic oxidation sites excluding steroid dienone is 3. The second kappa shape index (κ2) is 19.8. The van der Waals surface area contributed by atoms with Crippen LogP contribution in [0.2, 0.25) is 0 Å². The first-order chi connectivity index (χ1) is 34.1. The summed E-state index contributed by atoms with van der Waals surface area (Å²) < 4.78 is 5.73. The smallest absolute Gasteiger partial charge is 0.330 e. The van der Waals surface area contributed by atoms with E-state index in [2.05, 4.69) is 74.2 Å². The number of imidazole rings is 1. The molecule has 0 radical (unpaired) electrons. The van der Waals surface area contributed by atoms with Gasteiger partial charge in [-0.2, -0.15) is 0 Å². The number of aromatic nitrogens is 5. The molecular formula is C57H65N9O4. The molecular weight excluding hydrogens is 875 g/mol. The molecule has 2 amide bonds. The quantitative estimate of drug-likeness (QED) is 0.0529. The minimum absolute atomic E-state index is 0.130. The van der Waals surface area contributed by atoms with E-state index in [-0.39, 0.29) is 35.8 Å². The zero-order valence-electron chi connectivity index (χ0n) is 40.5. The van der Waals surface area contributed by atoms with Crippen molar-refractivity contribution in [3.63, 3.8) is 0 Å². The molecule has 7 heterocycles. The number of nitrogens with two attached hydrogens (primary N) is 1. The summed E-state index contributed by atoms with van der Waals surface area (Å²) in [5, 5.41) is 3.56. The monoisotopic (exact) mass is 940 g/mol. The lowest BCUT2D eigenvalue weighted by Gasteiger charge is -2.32. The van der Waals surface area contributed by atoms with Crippen LogP contribution in [0.4, 0.5) is 5.82 Å². The lowest BCUT2D eigenvalue weighted by Crippen LogP contribution is -2.44. The summed E-state index contributed by atoms with van der Waals surface area (Å²) in [6, 6.07) is 22.4. The third-order valence-corrected chi connectivity index (χ3v) is 16.1. The highest BCUT2D eigenvalue weighted by molar-refractivity contribution is 6.05. The van der Waals surface area contributed by atoms with Crippen molar-refractivity contribution < 1.29 is 14.4 Å². The molecule has 70 heavy (non-hydrogen) atoms. The van der Waals surface area contributed by atoms with Crippen molar-refractivity contribution in [1.29, 1.82) is 0 Å². The highest BCUT2D eigenvalue weighted by Crippen LogP contribution is 2.39. The Balaban J connectivity index is 0.635. The molecule has 6 aromatic rings. The van der Waals surface area contributed by atoms with Gasteiger partial charge in [-0.1, -0.05) is 47.6 Å². The van der Waals surface area contributed by atoms with E-state index < -0.39 is 6.04 Å². The van der Waals surface area contributed by atoms with Crippen molar-refractivity contribution in [3.05, 3.63) is 135 Å². The van der Waals surface area contributed by atoms with Crippen LogP contribution in [0.1, 0.15) is 135 Å². The number of imide groups is 1. The Hall–Kier alpha value is -6.44. The number of fused-ring (bicyclic) bond motifs is 2. The van der Waals surface area contributed by atoms with Gasteiger partial charge in [0.25, 0.3) is 0 Å². The largest absolute Gasteiger partial charge is 0.384 e. The van der Waals surface area contributed by atoms with Gasteiger partial charge in [0.2, 0.25) is 11.8 Å². The van der Waals surface area contributed by atoms with Crippen LogP contribution in [-0.2, 0) is 29.7 Å². The van der Waals surface area contributed by atoms with Crippen LogP contribution < -0.4 is 16.7 Å². The molecule has 1 atom stereocenters. The normalized spacial score (nSPS) is 21.9. The molecule has 0 bridgehead atoms. The van der Waals surface area contributed by atoms with Gasteiger partial charge in [0, 0.05) is 73.7 Å². The van der Waals surface area contributed by atoms with Crippen LogP contribution in [0.3, 0.4) is 0 Å². The lowest BCUT2D eigenvalue weighted by molar-refractivity contribution is -0.135. The molecule has 2 aromatic carbocycles. The van der Waals surface area contributed by atoms with Crippen LogP contribution in [0.25, 0.3) is 33.2 Å². The molecule has 3 aliphatic heterocycles. The van der Waals surface area contributed by atoms with Crippen molar-refractivity contribution in [2.45, 2.75) is 121 Å². The molecule has 2 saturated heterocycles. The Morgan fingerprint density at radius 1 is 0.786 bits per heavy atom. The van der Waals surface area contributed by atoms with Crippen molar-refractivity contribution in [3.8, 4) is 11.1 Å². The van der Waals surface area contributed by atoms with Gasteiger partial charge in [0.05, 0.1) is 11.0 Å². The summed E-state index contributed by atoms with van der Waals surface area (Å²) in [5.74, 6) is 1.14. The number of aryl methyl sites for hydroxylation is 1. The number of amides is 2. The van der Waals surface area contributed by atoms with Crippen LogP contribution in [0.5, 0.6) is 0 Å². The second-order valence-corrected chi connectivity index (χ2v) is 20.8. The van der Waals surface area contributed by atoms with Gasteiger partial charge < -0.3 is 10.3 Å². The molecule has 4 aromatic heterocycles. The number of nitrogens with zero attached hydrogens (tertiary/aromatic N) is 7. The fraction of sp³-hybridized carbons (Fsp3) is 0.439. The van der Waals surface area contributed by atoms with E-state index in [0.717, 1.165) is 155 Å². The van der Waals surface area contributed by atoms with E-state index in [1.165, 1.54) is 22.4 Å². The number of likely N-dealkylation sites (tertiary alicyclic amines) is 1. The van der Waals surface area contributed by atoms with Crippen molar-refractivity contribution >= 4 is 45.5 Å². The van der Waals surface area contributed by atoms with Gasteiger partial charge in [0.15, 0.2) is 5.78 Å². The molecule has 2 saturated carbocycles. The molecule has 362 valence electrons. The highest BCUT2D eigenvalue weighted by Gasteiger charge is 2.35. The summed E-state index contributed by atoms with van der Waals surface area (Å²) in [5.41, 5.74) is 17.9. The first kappa shape index (κ1) is 46.0. The van der Waals surface area contributed by atoms with Gasteiger partial charge in [-0.05, 0) is 174 Å². The van der Waals surface area contributed by atoms with E-state index in [4.69, 9.17) is 10.7 Å². The number of carbonyl (C=O) groups is 3. The number of anilines is 1. The molecule has 13 heteroatoms. The van der Waals surface area contributed by atoms with E-state index in [0.29, 0.717) is 24.1 Å². The second-order valence-electron chi connectivity index (χ2n) is 20.8. The van der Waals surface area contributed by atoms with Crippen LogP contribution in [0, 0.1) is 5.92 Å². The summed E-state index contributed by atoms with van der Waals surface area (Å²) >= 11 is 0. The standard InChI is InChI=1S/C57H65N9O4/c1-62-46(33-48-47(22-25-59-55(48)62)44-15-20-53(58)60-34-44)36-64-28-23-42(24-29-64)41-11-13-43(14-12-41)52(67)32-39-8-6-38(7-9-39)30-37-4-2-26-63(27-3-5-37)35-40-10-18-49-51(31-40)65(45-16-17-45)57(70)66(49)50-19-21-54(68)61-56(50)69/h4,10-15,18,20,22,25,31-34,38,42,45,50H,2-3,5-9,16-17,19,21,23-24,26-30,35-36H2,1H3,(H2,58,60)(H,61,68,69)/b37-4-,39-32?. The first-order valence-electron chi connectivity index (χ1n) is 25.8. The predicted molar refractivity (Wildman–Crippen MR) is 274 cm³/mol. The maximum Gasteiger partial charge on any atom is 0.330 e. The number of hydrogen-bond donors (Lipinski definition) is 2. The van der Waals surface area contributed by atoms with E-state index in [1.807, 2.05) is 53.4 Å². The van der Waals surface area contributed by atoms with Crippen molar-refractivity contribution in [1.82, 2.24) is 38.8 Å². The summed E-state index contributed by atoms with van der Waals surface area (Å²) in [6.45, 7) is 5.77. The third-order valence-electron chi connectivity index (χ3n) is 16.1. The van der Waals surface area contributed by atoms with Crippen LogP contribution in [0.15, 0.2) is 107 Å². The number of nitrogen functional groups attached to an aromatic ring is 1. The Kier molecular flexibility index (Phi) is 13.0. The van der Waals surface area contributed by atoms with Gasteiger partial charge in [-0.15, -0.1) is 0 Å². The maximum atomic E-state index is 13.7. The van der Waals surface area contributed by atoms with E-state index in [1.54, 1.807) is 10.1 Å². The zero-order valence-corrected chi connectivity index (χ0v) is 40.5. The number of hydrogen-bond acceptors (Lipinski definition) is 9. The maximum absolute atomic E-state index is 13.7. The number of carbonyl (C=O) groups excluding carboxylic acids is 3. The number of rotatable bonds is 12. The Labute approximate surface area is 409 Å². The molecule has 5 aliphatic rings. The number of piperidine rings is 2. The van der Waals surface area contributed by atoms with Crippen LogP contribution in [-0.4, -0.2) is 77.2 Å². The number of benzene rings is 2. The predicted octanol–water partition coefficient (Wildman–Crippen LogP) is 9.33. The third kappa shape index (κ3) is 9.70. The lowest BCUT2D eigenvalue weighted by atomic mass is 9.80. The van der Waals surface area contributed by atoms with Gasteiger partial charge >= 0.3 is 5.69 Å². The minimum atomic E-state index is -0.662. The number of nitrogens with one attached hydrogen (secondary N) is 1. The van der Waals surface area contributed by atoms with Crippen molar-refractivity contribution in [2.24, 2.45) is 13.0 Å². The summed E-state index contributed by atoms with van der Waals surface area (Å²) in [7, 11) is 2.11. The fourth-order valence-electron chi connectivity index (χ4n) is 11.9. The van der Waals surface area contributed by atoms with Crippen molar-refractivity contribution in [2.75, 3.05) is 31.9 Å². The molecule has 3 N–H and O–H groups in total. The fourth-order valence-corrected chi connectivity index (χ4v) is 11.9.